The summed E-state index contributed by atoms with van der Waals surface area (Å²) in [5, 5.41) is 0. The van der Waals surface area contributed by atoms with Crippen LogP contribution in [0.3, 0.4) is 0 Å². The number of amides is 2. The van der Waals surface area contributed by atoms with Gasteiger partial charge in [-0.05, 0) is 25.1 Å². The second-order valence-corrected chi connectivity index (χ2v) is 6.46. The molecule has 1 heterocycles. The van der Waals surface area contributed by atoms with Crippen LogP contribution in [0.25, 0.3) is 0 Å². The van der Waals surface area contributed by atoms with Crippen LogP contribution in [0.15, 0.2) is 30.3 Å². The van der Waals surface area contributed by atoms with Gasteiger partial charge in [-0.25, -0.2) is 0 Å². The smallest absolute Gasteiger partial charge is 0.239 e. The summed E-state index contributed by atoms with van der Waals surface area (Å²) in [5.74, 6) is 0.115. The van der Waals surface area contributed by atoms with Crippen molar-refractivity contribution in [2.75, 3.05) is 45.8 Å². The van der Waals surface area contributed by atoms with Crippen LogP contribution < -0.4 is 5.73 Å². The highest BCUT2D eigenvalue weighted by molar-refractivity contribution is 5.83. The molecule has 1 aliphatic heterocycles. The lowest BCUT2D eigenvalue weighted by molar-refractivity contribution is -0.140. The monoisotopic (exact) mass is 346 g/mol. The summed E-state index contributed by atoms with van der Waals surface area (Å²) in [6, 6.07) is 9.29. The Bertz CT molecular complexity index is 552. The predicted octanol–water partition coefficient (Wildman–Crippen LogP) is 0.569. The zero-order valence-electron chi connectivity index (χ0n) is 15.4. The number of nitrogens with zero attached hydrogens (tertiary/aromatic N) is 3. The SMILES string of the molecule is CCN(CC)CC(=O)N1CCN(C(=O)C(N)Cc2ccccc2)CC1. The van der Waals surface area contributed by atoms with E-state index in [0.717, 1.165) is 18.7 Å². The average molecular weight is 346 g/mol. The van der Waals surface area contributed by atoms with E-state index >= 15 is 0 Å². The second kappa shape index (κ2) is 9.53. The molecule has 2 rings (SSSR count). The van der Waals surface area contributed by atoms with E-state index in [4.69, 9.17) is 5.73 Å². The van der Waals surface area contributed by atoms with Crippen molar-refractivity contribution in [1.29, 1.82) is 0 Å². The molecule has 0 saturated carbocycles. The first-order valence-corrected chi connectivity index (χ1v) is 9.13. The molecule has 0 radical (unpaired) electrons. The Hall–Kier alpha value is -1.92. The zero-order valence-corrected chi connectivity index (χ0v) is 15.4. The number of piperazine rings is 1. The zero-order chi connectivity index (χ0) is 18.2. The van der Waals surface area contributed by atoms with E-state index in [1.807, 2.05) is 35.2 Å². The summed E-state index contributed by atoms with van der Waals surface area (Å²) in [4.78, 5) is 30.6. The predicted molar refractivity (Wildman–Crippen MR) is 99.1 cm³/mol. The van der Waals surface area contributed by atoms with Crippen LogP contribution in [-0.2, 0) is 16.0 Å². The molecular formula is C19H30N4O2. The molecule has 6 nitrogen and oxygen atoms in total. The van der Waals surface area contributed by atoms with Gasteiger partial charge in [-0.1, -0.05) is 44.2 Å². The molecule has 2 amide bonds. The summed E-state index contributed by atoms with van der Waals surface area (Å²) in [6.07, 6.45) is 0.542. The maximum absolute atomic E-state index is 12.5. The number of benzene rings is 1. The Kier molecular flexibility index (Phi) is 7.40. The fraction of sp³-hybridized carbons (Fsp3) is 0.579. The van der Waals surface area contributed by atoms with Crippen LogP contribution in [-0.4, -0.2) is 78.4 Å². The second-order valence-electron chi connectivity index (χ2n) is 6.46. The van der Waals surface area contributed by atoms with Gasteiger partial charge < -0.3 is 15.5 Å². The van der Waals surface area contributed by atoms with Gasteiger partial charge in [-0.3, -0.25) is 14.5 Å². The number of rotatable bonds is 7. The molecule has 1 aromatic rings. The van der Waals surface area contributed by atoms with Crippen molar-refractivity contribution in [3.05, 3.63) is 35.9 Å². The molecule has 0 spiro atoms. The molecule has 0 aliphatic carbocycles. The topological polar surface area (TPSA) is 69.9 Å². The molecule has 1 atom stereocenters. The van der Waals surface area contributed by atoms with E-state index in [9.17, 15) is 9.59 Å². The van der Waals surface area contributed by atoms with E-state index in [1.165, 1.54) is 0 Å². The van der Waals surface area contributed by atoms with E-state index < -0.39 is 6.04 Å². The van der Waals surface area contributed by atoms with Crippen LogP contribution in [0, 0.1) is 0 Å². The molecule has 1 aliphatic rings. The van der Waals surface area contributed by atoms with Gasteiger partial charge >= 0.3 is 0 Å². The highest BCUT2D eigenvalue weighted by atomic mass is 16.2. The largest absolute Gasteiger partial charge is 0.338 e. The summed E-state index contributed by atoms with van der Waals surface area (Å²) in [7, 11) is 0. The Morgan fingerprint density at radius 1 is 1.04 bits per heavy atom. The van der Waals surface area contributed by atoms with Crippen molar-refractivity contribution >= 4 is 11.8 Å². The molecule has 25 heavy (non-hydrogen) atoms. The van der Waals surface area contributed by atoms with Gasteiger partial charge in [-0.15, -0.1) is 0 Å². The molecule has 1 saturated heterocycles. The molecule has 0 bridgehead atoms. The van der Waals surface area contributed by atoms with Crippen LogP contribution in [0.1, 0.15) is 19.4 Å². The molecule has 2 N–H and O–H groups in total. The first-order valence-electron chi connectivity index (χ1n) is 9.13. The lowest BCUT2D eigenvalue weighted by Crippen LogP contribution is -2.55. The molecule has 1 fully saturated rings. The van der Waals surface area contributed by atoms with Gasteiger partial charge in [-0.2, -0.15) is 0 Å². The van der Waals surface area contributed by atoms with Gasteiger partial charge in [0.05, 0.1) is 12.6 Å². The third kappa shape index (κ3) is 5.54. The number of likely N-dealkylation sites (N-methyl/N-ethyl adjacent to an activating group) is 1. The first-order chi connectivity index (χ1) is 12.0. The highest BCUT2D eigenvalue weighted by Crippen LogP contribution is 2.08. The lowest BCUT2D eigenvalue weighted by atomic mass is 10.1. The molecule has 138 valence electrons. The summed E-state index contributed by atoms with van der Waals surface area (Å²) >= 11 is 0. The number of carbonyl (C=O) groups is 2. The van der Waals surface area contributed by atoms with Crippen LogP contribution in [0.5, 0.6) is 0 Å². The van der Waals surface area contributed by atoms with E-state index in [2.05, 4.69) is 18.7 Å². The van der Waals surface area contributed by atoms with Crippen molar-refractivity contribution in [1.82, 2.24) is 14.7 Å². The number of nitrogens with two attached hydrogens (primary N) is 1. The van der Waals surface area contributed by atoms with Crippen molar-refractivity contribution in [3.63, 3.8) is 0 Å². The molecule has 0 aromatic heterocycles. The minimum absolute atomic E-state index is 0.0281. The minimum Gasteiger partial charge on any atom is -0.338 e. The maximum Gasteiger partial charge on any atom is 0.239 e. The fourth-order valence-electron chi connectivity index (χ4n) is 3.10. The number of hydrogen-bond acceptors (Lipinski definition) is 4. The Morgan fingerprint density at radius 2 is 1.60 bits per heavy atom. The Balaban J connectivity index is 1.80. The van der Waals surface area contributed by atoms with E-state index in [1.54, 1.807) is 4.90 Å². The van der Waals surface area contributed by atoms with Crippen LogP contribution in [0.2, 0.25) is 0 Å². The van der Waals surface area contributed by atoms with Gasteiger partial charge in [0.2, 0.25) is 11.8 Å². The summed E-state index contributed by atoms with van der Waals surface area (Å²) in [6.45, 7) is 8.60. The summed E-state index contributed by atoms with van der Waals surface area (Å²) in [5.41, 5.74) is 7.16. The van der Waals surface area contributed by atoms with Gasteiger partial charge in [0, 0.05) is 26.2 Å². The first kappa shape index (κ1) is 19.4. The quantitative estimate of drug-likeness (QED) is 0.784. The molecular weight excluding hydrogens is 316 g/mol. The molecule has 1 aromatic carbocycles. The fourth-order valence-corrected chi connectivity index (χ4v) is 3.10. The number of carbonyl (C=O) groups excluding carboxylic acids is 2. The standard InChI is InChI=1S/C19H30N4O2/c1-3-21(4-2)15-18(24)22-10-12-23(13-11-22)19(25)17(20)14-16-8-6-5-7-9-16/h5-9,17H,3-4,10-15,20H2,1-2H3. The Morgan fingerprint density at radius 3 is 2.16 bits per heavy atom. The van der Waals surface area contributed by atoms with Crippen molar-refractivity contribution < 1.29 is 9.59 Å². The lowest BCUT2D eigenvalue weighted by Gasteiger charge is -2.36. The van der Waals surface area contributed by atoms with Crippen LogP contribution in [0.4, 0.5) is 0 Å². The normalized spacial score (nSPS) is 16.2. The van der Waals surface area contributed by atoms with Crippen molar-refractivity contribution in [2.45, 2.75) is 26.3 Å². The molecule has 1 unspecified atom stereocenters. The third-order valence-electron chi connectivity index (χ3n) is 4.81. The average Bonchev–Trinajstić information content (AvgIpc) is 2.66. The van der Waals surface area contributed by atoms with Gasteiger partial charge in [0.1, 0.15) is 0 Å². The highest BCUT2D eigenvalue weighted by Gasteiger charge is 2.27. The van der Waals surface area contributed by atoms with Gasteiger partial charge in [0.15, 0.2) is 0 Å². The van der Waals surface area contributed by atoms with E-state index in [0.29, 0.717) is 39.1 Å². The maximum atomic E-state index is 12.5. The molecule has 6 heteroatoms. The minimum atomic E-state index is -0.527. The van der Waals surface area contributed by atoms with Crippen molar-refractivity contribution in [2.24, 2.45) is 5.73 Å². The third-order valence-corrected chi connectivity index (χ3v) is 4.81. The Labute approximate surface area is 150 Å². The summed E-state index contributed by atoms with van der Waals surface area (Å²) < 4.78 is 0. The van der Waals surface area contributed by atoms with Gasteiger partial charge in [0.25, 0.3) is 0 Å². The number of hydrogen-bond donors (Lipinski definition) is 1. The van der Waals surface area contributed by atoms with Crippen LogP contribution >= 0.6 is 0 Å². The van der Waals surface area contributed by atoms with E-state index in [-0.39, 0.29) is 11.8 Å². The van der Waals surface area contributed by atoms with Crippen molar-refractivity contribution in [3.8, 4) is 0 Å².